The van der Waals surface area contributed by atoms with E-state index in [9.17, 15) is 23.2 Å². The number of benzene rings is 2. The third-order valence-electron chi connectivity index (χ3n) is 3.74. The number of alkyl halides is 3. The average Bonchev–Trinajstić information content (AvgIpc) is 2.56. The van der Waals surface area contributed by atoms with Crippen molar-refractivity contribution < 1.29 is 18.0 Å². The predicted molar refractivity (Wildman–Crippen MR) is 89.6 cm³/mol. The van der Waals surface area contributed by atoms with Gasteiger partial charge in [-0.25, -0.2) is 0 Å². The van der Waals surface area contributed by atoms with E-state index in [1.807, 2.05) is 19.9 Å². The molecule has 0 aliphatic heterocycles. The van der Waals surface area contributed by atoms with Crippen molar-refractivity contribution in [2.75, 3.05) is 5.32 Å². The standard InChI is InChI=1S/C19H15F3N2O/c1-12-5-3-8-17(13(12)2)24-18(25)15(11-23)9-14-6-4-7-16(10-14)19(20,21)22/h3-10H,1-2H3,(H,24,25)/b15-9+. The monoisotopic (exact) mass is 344 g/mol. The molecular formula is C19H15F3N2O. The highest BCUT2D eigenvalue weighted by Gasteiger charge is 2.30. The van der Waals surface area contributed by atoms with Gasteiger partial charge in [0.15, 0.2) is 0 Å². The second-order valence-electron chi connectivity index (χ2n) is 5.49. The Kier molecular flexibility index (Phi) is 5.28. The number of nitrogens with zero attached hydrogens (tertiary/aromatic N) is 1. The molecule has 2 aromatic rings. The molecule has 3 nitrogen and oxygen atoms in total. The molecular weight excluding hydrogens is 329 g/mol. The fourth-order valence-corrected chi connectivity index (χ4v) is 2.20. The second-order valence-corrected chi connectivity index (χ2v) is 5.49. The number of nitriles is 1. The molecule has 0 heterocycles. The van der Waals surface area contributed by atoms with Crippen LogP contribution in [0.3, 0.4) is 0 Å². The molecule has 0 aromatic heterocycles. The van der Waals surface area contributed by atoms with Crippen molar-refractivity contribution in [1.29, 1.82) is 5.26 Å². The van der Waals surface area contributed by atoms with Gasteiger partial charge in [-0.1, -0.05) is 24.3 Å². The highest BCUT2D eigenvalue weighted by molar-refractivity contribution is 6.10. The van der Waals surface area contributed by atoms with Crippen LogP contribution in [0.25, 0.3) is 6.08 Å². The lowest BCUT2D eigenvalue weighted by Crippen LogP contribution is -2.14. The maximum absolute atomic E-state index is 12.8. The van der Waals surface area contributed by atoms with Crippen molar-refractivity contribution in [3.05, 3.63) is 70.3 Å². The van der Waals surface area contributed by atoms with Crippen LogP contribution >= 0.6 is 0 Å². The van der Waals surface area contributed by atoms with Crippen molar-refractivity contribution in [3.8, 4) is 6.07 Å². The summed E-state index contributed by atoms with van der Waals surface area (Å²) in [5, 5.41) is 11.8. The number of halogens is 3. The molecule has 0 unspecified atom stereocenters. The Bertz CT molecular complexity index is 877. The predicted octanol–water partition coefficient (Wildman–Crippen LogP) is 4.87. The Balaban J connectivity index is 2.30. The Morgan fingerprint density at radius 2 is 1.84 bits per heavy atom. The van der Waals surface area contributed by atoms with E-state index in [1.54, 1.807) is 18.2 Å². The SMILES string of the molecule is Cc1cccc(NC(=O)/C(C#N)=C/c2cccc(C(F)(F)F)c2)c1C. The van der Waals surface area contributed by atoms with E-state index < -0.39 is 17.6 Å². The molecule has 0 saturated heterocycles. The zero-order valence-corrected chi connectivity index (χ0v) is 13.6. The molecule has 0 aliphatic rings. The minimum Gasteiger partial charge on any atom is -0.321 e. The number of aryl methyl sites for hydroxylation is 1. The average molecular weight is 344 g/mol. The van der Waals surface area contributed by atoms with Crippen LogP contribution < -0.4 is 5.32 Å². The van der Waals surface area contributed by atoms with Crippen molar-refractivity contribution in [2.24, 2.45) is 0 Å². The lowest BCUT2D eigenvalue weighted by Gasteiger charge is -2.10. The minimum absolute atomic E-state index is 0.127. The number of carbonyl (C=O) groups is 1. The molecule has 0 bridgehead atoms. The van der Waals surface area contributed by atoms with Gasteiger partial charge in [0.1, 0.15) is 11.6 Å². The van der Waals surface area contributed by atoms with E-state index in [0.717, 1.165) is 29.3 Å². The highest BCUT2D eigenvalue weighted by atomic mass is 19.4. The van der Waals surface area contributed by atoms with Crippen LogP contribution in [0.2, 0.25) is 0 Å². The van der Waals surface area contributed by atoms with Crippen LogP contribution in [0, 0.1) is 25.2 Å². The summed E-state index contributed by atoms with van der Waals surface area (Å²) in [6.45, 7) is 3.71. The summed E-state index contributed by atoms with van der Waals surface area (Å²) in [5.41, 5.74) is 1.39. The van der Waals surface area contributed by atoms with Gasteiger partial charge >= 0.3 is 6.18 Å². The first kappa shape index (κ1) is 18.3. The number of amides is 1. The molecule has 6 heteroatoms. The summed E-state index contributed by atoms with van der Waals surface area (Å²) < 4.78 is 38.3. The Morgan fingerprint density at radius 1 is 1.16 bits per heavy atom. The second kappa shape index (κ2) is 7.22. The number of nitrogens with one attached hydrogen (secondary N) is 1. The van der Waals surface area contributed by atoms with E-state index in [2.05, 4.69) is 5.32 Å². The maximum atomic E-state index is 12.8. The molecule has 128 valence electrons. The van der Waals surface area contributed by atoms with Gasteiger partial charge in [-0.2, -0.15) is 18.4 Å². The van der Waals surface area contributed by atoms with Gasteiger partial charge < -0.3 is 5.32 Å². The molecule has 0 spiro atoms. The van der Waals surface area contributed by atoms with Gasteiger partial charge in [-0.3, -0.25) is 4.79 Å². The van der Waals surface area contributed by atoms with E-state index in [1.165, 1.54) is 12.1 Å². The van der Waals surface area contributed by atoms with Gasteiger partial charge in [-0.05, 0) is 54.8 Å². The first-order valence-corrected chi connectivity index (χ1v) is 7.39. The zero-order chi connectivity index (χ0) is 18.6. The maximum Gasteiger partial charge on any atom is 0.416 e. The Morgan fingerprint density at radius 3 is 2.48 bits per heavy atom. The largest absolute Gasteiger partial charge is 0.416 e. The van der Waals surface area contributed by atoms with Gasteiger partial charge in [0.2, 0.25) is 0 Å². The third-order valence-corrected chi connectivity index (χ3v) is 3.74. The minimum atomic E-state index is -4.49. The van der Waals surface area contributed by atoms with Gasteiger partial charge in [0, 0.05) is 5.69 Å². The number of hydrogen-bond acceptors (Lipinski definition) is 2. The van der Waals surface area contributed by atoms with Crippen LogP contribution in [0.1, 0.15) is 22.3 Å². The fraction of sp³-hybridized carbons (Fsp3) is 0.158. The van der Waals surface area contributed by atoms with Gasteiger partial charge in [0.05, 0.1) is 5.56 Å². The summed E-state index contributed by atoms with van der Waals surface area (Å²) in [6.07, 6.45) is -3.35. The number of carbonyl (C=O) groups excluding carboxylic acids is 1. The fourth-order valence-electron chi connectivity index (χ4n) is 2.20. The normalized spacial score (nSPS) is 11.8. The van der Waals surface area contributed by atoms with Crippen molar-refractivity contribution in [2.45, 2.75) is 20.0 Å². The molecule has 0 saturated carbocycles. The summed E-state index contributed by atoms with van der Waals surface area (Å²) in [7, 11) is 0. The molecule has 2 aromatic carbocycles. The van der Waals surface area contributed by atoms with Crippen LogP contribution in [-0.4, -0.2) is 5.91 Å². The smallest absolute Gasteiger partial charge is 0.321 e. The molecule has 0 atom stereocenters. The first-order chi connectivity index (χ1) is 11.7. The summed E-state index contributed by atoms with van der Waals surface area (Å²) >= 11 is 0. The lowest BCUT2D eigenvalue weighted by molar-refractivity contribution is -0.137. The summed E-state index contributed by atoms with van der Waals surface area (Å²) in [5.74, 6) is -0.673. The molecule has 0 fully saturated rings. The van der Waals surface area contributed by atoms with Crippen LogP contribution in [0.5, 0.6) is 0 Å². The first-order valence-electron chi connectivity index (χ1n) is 7.39. The van der Waals surface area contributed by atoms with Crippen molar-refractivity contribution in [1.82, 2.24) is 0 Å². The molecule has 2 rings (SSSR count). The van der Waals surface area contributed by atoms with Crippen molar-refractivity contribution in [3.63, 3.8) is 0 Å². The van der Waals surface area contributed by atoms with Gasteiger partial charge in [0.25, 0.3) is 5.91 Å². The van der Waals surface area contributed by atoms with Crippen LogP contribution in [0.15, 0.2) is 48.0 Å². The highest BCUT2D eigenvalue weighted by Crippen LogP contribution is 2.30. The van der Waals surface area contributed by atoms with E-state index >= 15 is 0 Å². The number of anilines is 1. The summed E-state index contributed by atoms with van der Waals surface area (Å²) in [4.78, 5) is 12.3. The van der Waals surface area contributed by atoms with E-state index in [-0.39, 0.29) is 11.1 Å². The van der Waals surface area contributed by atoms with Crippen LogP contribution in [-0.2, 0) is 11.0 Å². The number of hydrogen-bond donors (Lipinski definition) is 1. The quantitative estimate of drug-likeness (QED) is 0.638. The molecule has 0 aliphatic carbocycles. The topological polar surface area (TPSA) is 52.9 Å². The van der Waals surface area contributed by atoms with Crippen LogP contribution in [0.4, 0.5) is 18.9 Å². The third kappa shape index (κ3) is 4.48. The van der Waals surface area contributed by atoms with Crippen molar-refractivity contribution >= 4 is 17.7 Å². The summed E-state index contributed by atoms with van der Waals surface area (Å²) in [6, 6.07) is 11.5. The number of rotatable bonds is 3. The molecule has 0 radical (unpaired) electrons. The molecule has 1 N–H and O–H groups in total. The lowest BCUT2D eigenvalue weighted by atomic mass is 10.1. The molecule has 25 heavy (non-hydrogen) atoms. The molecule has 1 amide bonds. The Hall–Kier alpha value is -3.07. The van der Waals surface area contributed by atoms with E-state index in [4.69, 9.17) is 0 Å². The zero-order valence-electron chi connectivity index (χ0n) is 13.6. The van der Waals surface area contributed by atoms with E-state index in [0.29, 0.717) is 5.69 Å². The Labute approximate surface area is 143 Å². The van der Waals surface area contributed by atoms with Gasteiger partial charge in [-0.15, -0.1) is 0 Å².